The van der Waals surface area contributed by atoms with Crippen LogP contribution in [0.1, 0.15) is 23.1 Å². The Kier molecular flexibility index (Phi) is 3.39. The number of nitrogens with one attached hydrogen (secondary N) is 1. The summed E-state index contributed by atoms with van der Waals surface area (Å²) < 4.78 is 1.75. The van der Waals surface area contributed by atoms with Gasteiger partial charge in [0, 0.05) is 29.9 Å². The maximum absolute atomic E-state index is 9.93. The minimum Gasteiger partial charge on any atom is -0.392 e. The molecule has 4 aromatic rings. The van der Waals surface area contributed by atoms with E-state index in [-0.39, 0.29) is 6.61 Å². The molecule has 0 amide bonds. The Bertz CT molecular complexity index is 1120. The number of fused-ring (bicyclic) bond motifs is 2. The van der Waals surface area contributed by atoms with E-state index in [0.717, 1.165) is 52.0 Å². The fraction of sp³-hybridized carbons (Fsp3) is 0.250. The standard InChI is InChI=1S/C20H19N5O/c1-25-10-14(9-21-25)19-20-17(23-24-19)8-13(11-26)18(22-20)16-7-3-5-12-4-2-6-15(12)16/h3,5,7-10,26H,2,4,6,11H2,1H3,(H,23,24). The molecule has 5 rings (SSSR count). The largest absolute Gasteiger partial charge is 0.392 e. The van der Waals surface area contributed by atoms with E-state index in [1.807, 2.05) is 19.3 Å². The van der Waals surface area contributed by atoms with Crippen LogP contribution in [0.15, 0.2) is 36.7 Å². The van der Waals surface area contributed by atoms with Crippen LogP contribution < -0.4 is 0 Å². The Morgan fingerprint density at radius 3 is 2.96 bits per heavy atom. The highest BCUT2D eigenvalue weighted by molar-refractivity contribution is 5.92. The summed E-state index contributed by atoms with van der Waals surface area (Å²) >= 11 is 0. The number of benzene rings is 1. The second-order valence-corrected chi connectivity index (χ2v) is 6.82. The highest BCUT2D eigenvalue weighted by Gasteiger charge is 2.20. The summed E-state index contributed by atoms with van der Waals surface area (Å²) in [4.78, 5) is 4.95. The zero-order valence-electron chi connectivity index (χ0n) is 14.5. The molecule has 3 aromatic heterocycles. The number of aliphatic hydroxyl groups is 1. The van der Waals surface area contributed by atoms with Crippen LogP contribution >= 0.6 is 0 Å². The quantitative estimate of drug-likeness (QED) is 0.598. The third-order valence-corrected chi connectivity index (χ3v) is 5.16. The van der Waals surface area contributed by atoms with Crippen LogP contribution in [-0.2, 0) is 26.5 Å². The van der Waals surface area contributed by atoms with Gasteiger partial charge in [-0.1, -0.05) is 18.2 Å². The SMILES string of the molecule is Cn1cc(-c2n[nH]c3cc(CO)c(-c4cccc5c4CCC5)nc23)cn1. The van der Waals surface area contributed by atoms with Crippen LogP contribution in [0.2, 0.25) is 0 Å². The van der Waals surface area contributed by atoms with Crippen LogP contribution in [0.25, 0.3) is 33.5 Å². The smallest absolute Gasteiger partial charge is 0.122 e. The number of aromatic amines is 1. The van der Waals surface area contributed by atoms with Crippen molar-refractivity contribution < 1.29 is 5.11 Å². The van der Waals surface area contributed by atoms with Gasteiger partial charge in [-0.2, -0.15) is 10.2 Å². The van der Waals surface area contributed by atoms with Crippen molar-refractivity contribution >= 4 is 11.0 Å². The summed E-state index contributed by atoms with van der Waals surface area (Å²) in [6.45, 7) is -0.0524. The molecule has 0 atom stereocenters. The summed E-state index contributed by atoms with van der Waals surface area (Å²) in [6, 6.07) is 8.35. The van der Waals surface area contributed by atoms with Crippen molar-refractivity contribution in [3.63, 3.8) is 0 Å². The number of pyridine rings is 1. The lowest BCUT2D eigenvalue weighted by atomic mass is 9.97. The van der Waals surface area contributed by atoms with E-state index < -0.39 is 0 Å². The van der Waals surface area contributed by atoms with Crippen molar-refractivity contribution in [2.24, 2.45) is 7.05 Å². The normalized spacial score (nSPS) is 13.5. The van der Waals surface area contributed by atoms with Crippen molar-refractivity contribution in [2.75, 3.05) is 0 Å². The second-order valence-electron chi connectivity index (χ2n) is 6.82. The van der Waals surface area contributed by atoms with Gasteiger partial charge in [0.15, 0.2) is 0 Å². The molecule has 3 heterocycles. The fourth-order valence-electron chi connectivity index (χ4n) is 3.93. The minimum atomic E-state index is -0.0524. The van der Waals surface area contributed by atoms with Gasteiger partial charge in [-0.3, -0.25) is 9.78 Å². The van der Waals surface area contributed by atoms with E-state index in [1.165, 1.54) is 17.5 Å². The molecule has 0 fully saturated rings. The fourth-order valence-corrected chi connectivity index (χ4v) is 3.93. The number of rotatable bonds is 3. The summed E-state index contributed by atoms with van der Waals surface area (Å²) in [7, 11) is 1.88. The van der Waals surface area contributed by atoms with Gasteiger partial charge in [-0.05, 0) is 36.5 Å². The molecule has 0 unspecified atom stereocenters. The third kappa shape index (κ3) is 2.26. The van der Waals surface area contributed by atoms with E-state index in [9.17, 15) is 5.11 Å². The Balaban J connectivity index is 1.76. The van der Waals surface area contributed by atoms with Crippen molar-refractivity contribution in [3.05, 3.63) is 53.3 Å². The molecule has 1 aliphatic rings. The van der Waals surface area contributed by atoms with Crippen LogP contribution in [0.4, 0.5) is 0 Å². The molecule has 130 valence electrons. The summed E-state index contributed by atoms with van der Waals surface area (Å²) in [6.07, 6.45) is 7.08. The molecule has 0 radical (unpaired) electrons. The first-order valence-corrected chi connectivity index (χ1v) is 8.83. The zero-order chi connectivity index (χ0) is 17.7. The van der Waals surface area contributed by atoms with Gasteiger partial charge in [-0.25, -0.2) is 4.98 Å². The molecule has 0 saturated carbocycles. The van der Waals surface area contributed by atoms with E-state index >= 15 is 0 Å². The van der Waals surface area contributed by atoms with Gasteiger partial charge < -0.3 is 5.11 Å². The van der Waals surface area contributed by atoms with Crippen LogP contribution in [0.3, 0.4) is 0 Å². The molecular weight excluding hydrogens is 326 g/mol. The minimum absolute atomic E-state index is 0.0524. The van der Waals surface area contributed by atoms with Crippen LogP contribution in [0, 0.1) is 0 Å². The number of aliphatic hydroxyl groups excluding tert-OH is 1. The van der Waals surface area contributed by atoms with E-state index in [0.29, 0.717) is 0 Å². The van der Waals surface area contributed by atoms with Gasteiger partial charge >= 0.3 is 0 Å². The topological polar surface area (TPSA) is 79.6 Å². The number of aryl methyl sites for hydroxylation is 2. The second kappa shape index (κ2) is 5.78. The molecule has 1 aliphatic carbocycles. The van der Waals surface area contributed by atoms with Gasteiger partial charge in [0.1, 0.15) is 11.2 Å². The monoisotopic (exact) mass is 345 g/mol. The van der Waals surface area contributed by atoms with Crippen LogP contribution in [-0.4, -0.2) is 30.1 Å². The molecule has 6 nitrogen and oxygen atoms in total. The lowest BCUT2D eigenvalue weighted by Gasteiger charge is -2.12. The van der Waals surface area contributed by atoms with Crippen molar-refractivity contribution in [1.82, 2.24) is 25.0 Å². The summed E-state index contributed by atoms with van der Waals surface area (Å²) in [5, 5.41) is 21.6. The molecule has 2 N–H and O–H groups in total. The molecule has 0 saturated heterocycles. The van der Waals surface area contributed by atoms with Gasteiger partial charge in [0.05, 0.1) is 24.0 Å². The number of H-pyrrole nitrogens is 1. The lowest BCUT2D eigenvalue weighted by Crippen LogP contribution is -1.98. The average molecular weight is 345 g/mol. The Morgan fingerprint density at radius 2 is 2.15 bits per heavy atom. The zero-order valence-corrected chi connectivity index (χ0v) is 14.5. The highest BCUT2D eigenvalue weighted by Crippen LogP contribution is 2.35. The lowest BCUT2D eigenvalue weighted by molar-refractivity contribution is 0.282. The Labute approximate surface area is 150 Å². The summed E-state index contributed by atoms with van der Waals surface area (Å²) in [5.41, 5.74) is 8.89. The molecule has 0 bridgehead atoms. The molecule has 0 aliphatic heterocycles. The van der Waals surface area contributed by atoms with Gasteiger partial charge in [0.2, 0.25) is 0 Å². The molecule has 6 heteroatoms. The van der Waals surface area contributed by atoms with Gasteiger partial charge in [-0.15, -0.1) is 0 Å². The summed E-state index contributed by atoms with van der Waals surface area (Å²) in [5.74, 6) is 0. The number of hydrogen-bond donors (Lipinski definition) is 2. The first-order valence-electron chi connectivity index (χ1n) is 8.83. The van der Waals surface area contributed by atoms with E-state index in [4.69, 9.17) is 4.98 Å². The predicted octanol–water partition coefficient (Wildman–Crippen LogP) is 3.01. The maximum Gasteiger partial charge on any atom is 0.122 e. The Morgan fingerprint density at radius 1 is 1.23 bits per heavy atom. The van der Waals surface area contributed by atoms with Crippen molar-refractivity contribution in [3.8, 4) is 22.5 Å². The van der Waals surface area contributed by atoms with Gasteiger partial charge in [0.25, 0.3) is 0 Å². The molecular formula is C20H19N5O. The van der Waals surface area contributed by atoms with Crippen molar-refractivity contribution in [2.45, 2.75) is 25.9 Å². The van der Waals surface area contributed by atoms with E-state index in [1.54, 1.807) is 10.9 Å². The highest BCUT2D eigenvalue weighted by atomic mass is 16.3. The number of aromatic nitrogens is 5. The molecule has 1 aromatic carbocycles. The molecule has 26 heavy (non-hydrogen) atoms. The first-order chi connectivity index (χ1) is 12.7. The third-order valence-electron chi connectivity index (χ3n) is 5.16. The predicted molar refractivity (Wildman–Crippen MR) is 99.5 cm³/mol. The molecule has 0 spiro atoms. The maximum atomic E-state index is 9.93. The number of hydrogen-bond acceptors (Lipinski definition) is 4. The van der Waals surface area contributed by atoms with E-state index in [2.05, 4.69) is 33.5 Å². The van der Waals surface area contributed by atoms with Crippen LogP contribution in [0.5, 0.6) is 0 Å². The Hall–Kier alpha value is -2.99. The first kappa shape index (κ1) is 15.3. The average Bonchev–Trinajstić information content (AvgIpc) is 3.38. The number of nitrogens with zero attached hydrogens (tertiary/aromatic N) is 4. The van der Waals surface area contributed by atoms with Crippen molar-refractivity contribution in [1.29, 1.82) is 0 Å².